The predicted molar refractivity (Wildman–Crippen MR) is 78.5 cm³/mol. The van der Waals surface area contributed by atoms with Crippen molar-refractivity contribution in [3.8, 4) is 0 Å². The summed E-state index contributed by atoms with van der Waals surface area (Å²) in [4.78, 5) is 13.9. The van der Waals surface area contributed by atoms with Crippen molar-refractivity contribution in [3.63, 3.8) is 0 Å². The Morgan fingerprint density at radius 2 is 1.94 bits per heavy atom. The molecule has 0 spiro atoms. The molecule has 2 rings (SSSR count). The molecule has 96 valence electrons. The van der Waals surface area contributed by atoms with Crippen LogP contribution in [0.5, 0.6) is 0 Å². The lowest BCUT2D eigenvalue weighted by Crippen LogP contribution is -2.21. The molecule has 0 radical (unpaired) electrons. The molecule has 3 nitrogen and oxygen atoms in total. The zero-order valence-electron chi connectivity index (χ0n) is 10.8. The minimum absolute atomic E-state index is 0.323. The third-order valence-electron chi connectivity index (χ3n) is 3.21. The molecule has 0 aliphatic rings. The highest BCUT2D eigenvalue weighted by atomic mass is 79.9. The normalized spacial score (nSPS) is 10.9. The van der Waals surface area contributed by atoms with Crippen molar-refractivity contribution in [1.82, 2.24) is 0 Å². The number of benzene rings is 1. The minimum Gasteiger partial charge on any atom is -0.422 e. The van der Waals surface area contributed by atoms with Gasteiger partial charge in [-0.15, -0.1) is 0 Å². The second kappa shape index (κ2) is 5.14. The second-order valence-corrected chi connectivity index (χ2v) is 4.97. The number of hydrogen-bond acceptors (Lipinski definition) is 3. The van der Waals surface area contributed by atoms with Crippen LogP contribution in [0.3, 0.4) is 0 Å². The molecule has 1 aromatic heterocycles. The maximum absolute atomic E-state index is 11.6. The molecule has 1 heterocycles. The number of hydrogen-bond donors (Lipinski definition) is 0. The van der Waals surface area contributed by atoms with Gasteiger partial charge in [-0.25, -0.2) is 4.79 Å². The summed E-state index contributed by atoms with van der Waals surface area (Å²) < 4.78 is 5.83. The summed E-state index contributed by atoms with van der Waals surface area (Å²) in [6.07, 6.45) is 0. The number of rotatable bonds is 3. The van der Waals surface area contributed by atoms with E-state index < -0.39 is 0 Å². The molecule has 1 aromatic carbocycles. The van der Waals surface area contributed by atoms with Gasteiger partial charge in [-0.2, -0.15) is 0 Å². The molecule has 0 bridgehead atoms. The summed E-state index contributed by atoms with van der Waals surface area (Å²) in [7, 11) is 0. The number of nitrogens with zero attached hydrogens (tertiary/aromatic N) is 1. The lowest BCUT2D eigenvalue weighted by molar-refractivity contribution is 0.555. The van der Waals surface area contributed by atoms with Crippen LogP contribution in [-0.4, -0.2) is 13.1 Å². The van der Waals surface area contributed by atoms with Crippen LogP contribution in [0.2, 0.25) is 0 Å². The van der Waals surface area contributed by atoms with E-state index in [-0.39, 0.29) is 5.63 Å². The molecule has 0 atom stereocenters. The second-order valence-electron chi connectivity index (χ2n) is 4.18. The van der Waals surface area contributed by atoms with Crippen molar-refractivity contribution in [1.29, 1.82) is 0 Å². The van der Waals surface area contributed by atoms with Gasteiger partial charge in [0.05, 0.1) is 0 Å². The molecule has 0 saturated carbocycles. The summed E-state index contributed by atoms with van der Waals surface area (Å²) in [5.41, 5.74) is 2.33. The van der Waals surface area contributed by atoms with Gasteiger partial charge in [-0.3, -0.25) is 0 Å². The van der Waals surface area contributed by atoms with Crippen LogP contribution in [0, 0.1) is 6.92 Å². The lowest BCUT2D eigenvalue weighted by atomic mass is 10.1. The van der Waals surface area contributed by atoms with Crippen molar-refractivity contribution in [2.24, 2.45) is 0 Å². The van der Waals surface area contributed by atoms with E-state index in [9.17, 15) is 4.79 Å². The first-order valence-corrected chi connectivity index (χ1v) is 6.85. The number of aryl methyl sites for hydroxylation is 1. The van der Waals surface area contributed by atoms with Gasteiger partial charge in [-0.1, -0.05) is 0 Å². The quantitative estimate of drug-likeness (QED) is 0.810. The zero-order chi connectivity index (χ0) is 13.3. The molecule has 0 aliphatic heterocycles. The van der Waals surface area contributed by atoms with Gasteiger partial charge in [0.25, 0.3) is 0 Å². The van der Waals surface area contributed by atoms with Gasteiger partial charge in [0.15, 0.2) is 0 Å². The molecule has 0 amide bonds. The molecule has 18 heavy (non-hydrogen) atoms. The maximum atomic E-state index is 11.6. The highest BCUT2D eigenvalue weighted by Gasteiger charge is 2.10. The van der Waals surface area contributed by atoms with Gasteiger partial charge < -0.3 is 9.32 Å². The summed E-state index contributed by atoms with van der Waals surface area (Å²) in [5.74, 6) is 0. The molecule has 0 N–H and O–H groups in total. The van der Waals surface area contributed by atoms with Gasteiger partial charge in [0.1, 0.15) is 10.1 Å². The molecular formula is C14H16BrNO2. The monoisotopic (exact) mass is 309 g/mol. The van der Waals surface area contributed by atoms with Crippen LogP contribution in [0.1, 0.15) is 19.4 Å². The summed E-state index contributed by atoms with van der Waals surface area (Å²) in [6, 6.07) is 6.00. The fourth-order valence-corrected chi connectivity index (χ4v) is 2.40. The zero-order valence-corrected chi connectivity index (χ0v) is 12.4. The van der Waals surface area contributed by atoms with E-state index in [1.165, 1.54) is 0 Å². The molecule has 0 unspecified atom stereocenters. The average molecular weight is 310 g/mol. The highest BCUT2D eigenvalue weighted by Crippen LogP contribution is 2.26. The molecule has 4 heteroatoms. The first-order chi connectivity index (χ1) is 8.58. The minimum atomic E-state index is -0.323. The smallest absolute Gasteiger partial charge is 0.350 e. The van der Waals surface area contributed by atoms with E-state index in [2.05, 4.69) is 40.7 Å². The predicted octanol–water partition coefficient (Wildman–Crippen LogP) is 3.71. The Hall–Kier alpha value is -1.29. The Morgan fingerprint density at radius 3 is 2.56 bits per heavy atom. The van der Waals surface area contributed by atoms with Crippen LogP contribution >= 0.6 is 15.9 Å². The van der Waals surface area contributed by atoms with Gasteiger partial charge >= 0.3 is 5.63 Å². The Labute approximate surface area is 115 Å². The van der Waals surface area contributed by atoms with Crippen LogP contribution in [0.15, 0.2) is 31.9 Å². The largest absolute Gasteiger partial charge is 0.422 e. The number of halogens is 1. The SMILES string of the molecule is CCN(CC)c1ccc2c(C)c(Br)c(=O)oc2c1. The molecule has 0 aliphatic carbocycles. The fraction of sp³-hybridized carbons (Fsp3) is 0.357. The molecule has 0 fully saturated rings. The summed E-state index contributed by atoms with van der Waals surface area (Å²) in [6.45, 7) is 8.00. The van der Waals surface area contributed by atoms with E-state index in [1.807, 2.05) is 19.1 Å². The van der Waals surface area contributed by atoms with Gasteiger partial charge in [-0.05, 0) is 54.4 Å². The van der Waals surface area contributed by atoms with E-state index in [1.54, 1.807) is 0 Å². The Kier molecular flexibility index (Phi) is 3.76. The van der Waals surface area contributed by atoms with E-state index in [0.717, 1.165) is 29.7 Å². The summed E-state index contributed by atoms with van der Waals surface area (Å²) in [5, 5.41) is 0.970. The Morgan fingerprint density at radius 1 is 1.28 bits per heavy atom. The van der Waals surface area contributed by atoms with E-state index >= 15 is 0 Å². The third-order valence-corrected chi connectivity index (χ3v) is 4.13. The van der Waals surface area contributed by atoms with Crippen LogP contribution in [-0.2, 0) is 0 Å². The Bertz CT molecular complexity index is 629. The standard InChI is InChI=1S/C14H16BrNO2/c1-4-16(5-2)10-6-7-11-9(3)13(15)14(17)18-12(11)8-10/h6-8H,4-5H2,1-3H3. The third kappa shape index (κ3) is 2.17. The van der Waals surface area contributed by atoms with Crippen molar-refractivity contribution in [2.45, 2.75) is 20.8 Å². The number of fused-ring (bicyclic) bond motifs is 1. The van der Waals surface area contributed by atoms with Crippen molar-refractivity contribution in [3.05, 3.63) is 38.7 Å². The number of anilines is 1. The van der Waals surface area contributed by atoms with Crippen LogP contribution < -0.4 is 10.5 Å². The van der Waals surface area contributed by atoms with Crippen molar-refractivity contribution >= 4 is 32.6 Å². The topological polar surface area (TPSA) is 33.5 Å². The summed E-state index contributed by atoms with van der Waals surface area (Å²) >= 11 is 3.26. The average Bonchev–Trinajstić information content (AvgIpc) is 2.37. The lowest BCUT2D eigenvalue weighted by Gasteiger charge is -2.21. The maximum Gasteiger partial charge on any atom is 0.350 e. The molecule has 2 aromatic rings. The Balaban J connectivity index is 2.66. The first kappa shape index (κ1) is 13.1. The van der Waals surface area contributed by atoms with Gasteiger partial charge in [0.2, 0.25) is 0 Å². The van der Waals surface area contributed by atoms with Crippen LogP contribution in [0.4, 0.5) is 5.69 Å². The first-order valence-electron chi connectivity index (χ1n) is 6.06. The fourth-order valence-electron chi connectivity index (χ4n) is 2.11. The van der Waals surface area contributed by atoms with Crippen molar-refractivity contribution < 1.29 is 4.42 Å². The molecular weight excluding hydrogens is 294 g/mol. The highest BCUT2D eigenvalue weighted by molar-refractivity contribution is 9.10. The van der Waals surface area contributed by atoms with Crippen molar-refractivity contribution in [2.75, 3.05) is 18.0 Å². The van der Waals surface area contributed by atoms with E-state index in [4.69, 9.17) is 4.42 Å². The van der Waals surface area contributed by atoms with E-state index in [0.29, 0.717) is 10.1 Å². The van der Waals surface area contributed by atoms with Crippen LogP contribution in [0.25, 0.3) is 11.0 Å². The molecule has 0 saturated heterocycles. The van der Waals surface area contributed by atoms with Gasteiger partial charge in [0, 0.05) is 30.2 Å².